The van der Waals surface area contributed by atoms with Crippen molar-refractivity contribution in [2.75, 3.05) is 19.8 Å². The number of amides is 1. The molecule has 21 heavy (non-hydrogen) atoms. The van der Waals surface area contributed by atoms with Crippen LogP contribution < -0.4 is 0 Å². The fraction of sp³-hybridized carbons (Fsp3) is 0.588. The van der Waals surface area contributed by atoms with Crippen LogP contribution in [-0.4, -0.2) is 36.1 Å². The van der Waals surface area contributed by atoms with Crippen LogP contribution in [-0.2, 0) is 9.53 Å². The molecule has 0 spiro atoms. The summed E-state index contributed by atoms with van der Waals surface area (Å²) in [7, 11) is 0. The average Bonchev–Trinajstić information content (AvgIpc) is 2.40. The summed E-state index contributed by atoms with van der Waals surface area (Å²) in [6.07, 6.45) is 0. The van der Waals surface area contributed by atoms with Gasteiger partial charge in [0.1, 0.15) is 0 Å². The van der Waals surface area contributed by atoms with Crippen molar-refractivity contribution in [2.45, 2.75) is 39.2 Å². The molecule has 0 saturated carbocycles. The van der Waals surface area contributed by atoms with E-state index in [1.165, 1.54) is 0 Å². The summed E-state index contributed by atoms with van der Waals surface area (Å²) in [5, 5.41) is 0. The van der Waals surface area contributed by atoms with Crippen LogP contribution in [0.5, 0.6) is 0 Å². The number of morpholine rings is 1. The predicted molar refractivity (Wildman–Crippen MR) is 88.3 cm³/mol. The molecule has 1 fully saturated rings. The summed E-state index contributed by atoms with van der Waals surface area (Å²) in [6, 6.07) is 8.09. The second kappa shape index (κ2) is 6.49. The van der Waals surface area contributed by atoms with Gasteiger partial charge >= 0.3 is 0 Å². The fourth-order valence-electron chi connectivity index (χ4n) is 2.92. The van der Waals surface area contributed by atoms with Crippen molar-refractivity contribution in [2.24, 2.45) is 5.92 Å². The molecule has 2 rings (SSSR count). The molecular formula is C17H24BrNO2. The molecule has 1 atom stereocenters. The van der Waals surface area contributed by atoms with Crippen LogP contribution in [0.15, 0.2) is 28.7 Å². The zero-order valence-electron chi connectivity index (χ0n) is 13.2. The third kappa shape index (κ3) is 3.67. The lowest BCUT2D eigenvalue weighted by molar-refractivity contribution is -0.149. The minimum atomic E-state index is -0.238. The zero-order valence-corrected chi connectivity index (χ0v) is 14.8. The van der Waals surface area contributed by atoms with Crippen molar-refractivity contribution in [3.05, 3.63) is 34.3 Å². The smallest absolute Gasteiger partial charge is 0.230 e. The van der Waals surface area contributed by atoms with E-state index < -0.39 is 0 Å². The third-order valence-electron chi connectivity index (χ3n) is 4.07. The lowest BCUT2D eigenvalue weighted by Crippen LogP contribution is -2.57. The van der Waals surface area contributed by atoms with Crippen molar-refractivity contribution in [3.8, 4) is 0 Å². The molecule has 1 aliphatic rings. The molecule has 1 aliphatic heterocycles. The predicted octanol–water partition coefficient (Wildman–Crippen LogP) is 3.83. The first kappa shape index (κ1) is 16.5. The van der Waals surface area contributed by atoms with Gasteiger partial charge in [0.05, 0.1) is 24.7 Å². The van der Waals surface area contributed by atoms with Gasteiger partial charge in [-0.25, -0.2) is 0 Å². The van der Waals surface area contributed by atoms with Crippen LogP contribution in [0.3, 0.4) is 0 Å². The topological polar surface area (TPSA) is 29.5 Å². The highest BCUT2D eigenvalue weighted by Gasteiger charge is 2.38. The van der Waals surface area contributed by atoms with E-state index >= 15 is 0 Å². The number of hydrogen-bond acceptors (Lipinski definition) is 2. The summed E-state index contributed by atoms with van der Waals surface area (Å²) >= 11 is 3.45. The first-order valence-electron chi connectivity index (χ1n) is 7.47. The molecule has 116 valence electrons. The molecule has 1 aromatic carbocycles. The van der Waals surface area contributed by atoms with E-state index in [4.69, 9.17) is 4.74 Å². The van der Waals surface area contributed by atoms with E-state index in [2.05, 4.69) is 43.6 Å². The Labute approximate surface area is 135 Å². The van der Waals surface area contributed by atoms with Gasteiger partial charge in [-0.1, -0.05) is 41.9 Å². The van der Waals surface area contributed by atoms with E-state index in [9.17, 15) is 4.79 Å². The summed E-state index contributed by atoms with van der Waals surface area (Å²) in [4.78, 5) is 15.1. The Hall–Kier alpha value is -0.870. The van der Waals surface area contributed by atoms with Gasteiger partial charge in [-0.05, 0) is 37.5 Å². The molecule has 0 aliphatic carbocycles. The normalized spacial score (nSPS) is 19.6. The number of carbonyl (C=O) groups excluding carboxylic acids is 1. The maximum Gasteiger partial charge on any atom is 0.230 e. The molecule has 3 nitrogen and oxygen atoms in total. The van der Waals surface area contributed by atoms with Crippen LogP contribution in [0, 0.1) is 5.92 Å². The summed E-state index contributed by atoms with van der Waals surface area (Å²) in [6.45, 7) is 10.3. The van der Waals surface area contributed by atoms with Crippen LogP contribution in [0.25, 0.3) is 0 Å². The van der Waals surface area contributed by atoms with Crippen molar-refractivity contribution < 1.29 is 9.53 Å². The van der Waals surface area contributed by atoms with Gasteiger partial charge in [0.15, 0.2) is 0 Å². The number of carbonyl (C=O) groups is 1. The number of rotatable bonds is 3. The zero-order chi connectivity index (χ0) is 15.6. The van der Waals surface area contributed by atoms with Gasteiger partial charge in [0.25, 0.3) is 0 Å². The SMILES string of the molecule is CC(C)C(C(=O)N1CCOCC1(C)C)c1ccc(Br)cc1. The van der Waals surface area contributed by atoms with Crippen LogP contribution in [0.1, 0.15) is 39.2 Å². The first-order valence-corrected chi connectivity index (χ1v) is 8.27. The monoisotopic (exact) mass is 353 g/mol. The van der Waals surface area contributed by atoms with Crippen molar-refractivity contribution in [1.29, 1.82) is 0 Å². The first-order chi connectivity index (χ1) is 9.83. The standard InChI is InChI=1S/C17H24BrNO2/c1-12(2)15(13-5-7-14(18)8-6-13)16(20)19-9-10-21-11-17(19,3)4/h5-8,12,15H,9-11H2,1-4H3. The molecule has 0 bridgehead atoms. The molecule has 1 unspecified atom stereocenters. The molecule has 0 N–H and O–H groups in total. The number of ether oxygens (including phenoxy) is 1. The second-order valence-corrected chi connectivity index (χ2v) is 7.54. The maximum atomic E-state index is 13.1. The highest BCUT2D eigenvalue weighted by atomic mass is 79.9. The molecule has 1 saturated heterocycles. The van der Waals surface area contributed by atoms with Crippen molar-refractivity contribution in [1.82, 2.24) is 4.90 Å². The number of hydrogen-bond donors (Lipinski definition) is 0. The molecule has 1 amide bonds. The molecular weight excluding hydrogens is 330 g/mol. The third-order valence-corrected chi connectivity index (χ3v) is 4.60. The van der Waals surface area contributed by atoms with E-state index in [0.29, 0.717) is 19.8 Å². The highest BCUT2D eigenvalue weighted by Crippen LogP contribution is 2.31. The van der Waals surface area contributed by atoms with Gasteiger partial charge < -0.3 is 9.64 Å². The largest absolute Gasteiger partial charge is 0.377 e. The van der Waals surface area contributed by atoms with Crippen LogP contribution in [0.4, 0.5) is 0 Å². The second-order valence-electron chi connectivity index (χ2n) is 6.63. The van der Waals surface area contributed by atoms with E-state index in [-0.39, 0.29) is 23.3 Å². The summed E-state index contributed by atoms with van der Waals surface area (Å²) in [5.74, 6) is 0.369. The van der Waals surface area contributed by atoms with Crippen molar-refractivity contribution in [3.63, 3.8) is 0 Å². The maximum absolute atomic E-state index is 13.1. The fourth-order valence-corrected chi connectivity index (χ4v) is 3.18. The Bertz CT molecular complexity index is 496. The molecule has 4 heteroatoms. The van der Waals surface area contributed by atoms with Gasteiger partial charge in [-0.3, -0.25) is 4.79 Å². The number of benzene rings is 1. The minimum Gasteiger partial charge on any atom is -0.377 e. The average molecular weight is 354 g/mol. The quantitative estimate of drug-likeness (QED) is 0.826. The molecule has 0 radical (unpaired) electrons. The van der Waals surface area contributed by atoms with Gasteiger partial charge in [-0.2, -0.15) is 0 Å². The Kier molecular flexibility index (Phi) is 5.10. The lowest BCUT2D eigenvalue weighted by atomic mass is 9.85. The minimum absolute atomic E-state index is 0.101. The summed E-state index contributed by atoms with van der Waals surface area (Å²) < 4.78 is 6.56. The van der Waals surface area contributed by atoms with Gasteiger partial charge in [0, 0.05) is 11.0 Å². The van der Waals surface area contributed by atoms with E-state index in [1.807, 2.05) is 29.2 Å². The Morgan fingerprint density at radius 3 is 2.43 bits per heavy atom. The Morgan fingerprint density at radius 2 is 1.90 bits per heavy atom. The van der Waals surface area contributed by atoms with E-state index in [0.717, 1.165) is 10.0 Å². The highest BCUT2D eigenvalue weighted by molar-refractivity contribution is 9.10. The Morgan fingerprint density at radius 1 is 1.29 bits per heavy atom. The van der Waals surface area contributed by atoms with Crippen LogP contribution in [0.2, 0.25) is 0 Å². The Balaban J connectivity index is 2.29. The molecule has 1 heterocycles. The number of halogens is 1. The van der Waals surface area contributed by atoms with Crippen molar-refractivity contribution >= 4 is 21.8 Å². The molecule has 1 aromatic rings. The van der Waals surface area contributed by atoms with Gasteiger partial charge in [0.2, 0.25) is 5.91 Å². The van der Waals surface area contributed by atoms with Crippen LogP contribution >= 0.6 is 15.9 Å². The lowest BCUT2D eigenvalue weighted by Gasteiger charge is -2.44. The summed E-state index contributed by atoms with van der Waals surface area (Å²) in [5.41, 5.74) is 0.846. The van der Waals surface area contributed by atoms with Gasteiger partial charge in [-0.15, -0.1) is 0 Å². The number of nitrogens with zero attached hydrogens (tertiary/aromatic N) is 1. The van der Waals surface area contributed by atoms with E-state index in [1.54, 1.807) is 0 Å². The molecule has 0 aromatic heterocycles.